The lowest BCUT2D eigenvalue weighted by atomic mass is 9.98. The third-order valence-electron chi connectivity index (χ3n) is 14.7. The zero-order valence-corrected chi connectivity index (χ0v) is 44.4. The summed E-state index contributed by atoms with van der Waals surface area (Å²) in [6, 6.07) is -1.07. The predicted molar refractivity (Wildman–Crippen MR) is 279 cm³/mol. The zero-order chi connectivity index (χ0) is 50.0. The van der Waals surface area contributed by atoms with Crippen molar-refractivity contribution in [2.75, 3.05) is 26.3 Å². The molecule has 8 atom stereocenters. The molecule has 2 heterocycles. The summed E-state index contributed by atoms with van der Waals surface area (Å²) >= 11 is 0. The summed E-state index contributed by atoms with van der Waals surface area (Å²) in [5.41, 5.74) is 0. The first-order valence-corrected chi connectivity index (χ1v) is 29.3. The van der Waals surface area contributed by atoms with Gasteiger partial charge in [0.05, 0.1) is 18.8 Å². The number of hydrogen-bond donors (Lipinski definition) is 8. The molecule has 0 saturated carbocycles. The molecule has 0 aromatic heterocycles. The van der Waals surface area contributed by atoms with Gasteiger partial charge >= 0.3 is 6.09 Å². The first-order chi connectivity index (χ1) is 33.7. The van der Waals surface area contributed by atoms with E-state index in [1.54, 1.807) is 0 Å². The molecule has 0 aromatic carbocycles. The highest BCUT2D eigenvalue weighted by molar-refractivity contribution is 5.76. The summed E-state index contributed by atoms with van der Waals surface area (Å²) in [6.45, 7) is 5.35. The number of piperidine rings is 1. The summed E-state index contributed by atoms with van der Waals surface area (Å²) in [6.07, 6.45) is 35.6. The lowest BCUT2D eigenvalue weighted by Gasteiger charge is -2.40. The fourth-order valence-electron chi connectivity index (χ4n) is 9.93. The fourth-order valence-corrected chi connectivity index (χ4v) is 9.93. The third-order valence-corrected chi connectivity index (χ3v) is 14.7. The van der Waals surface area contributed by atoms with Gasteiger partial charge in [0.2, 0.25) is 5.91 Å². The fraction of sp³-hybridized carbons (Fsp3) is 0.964. The number of rotatable bonds is 46. The predicted octanol–water partition coefficient (Wildman–Crippen LogP) is 11.0. The van der Waals surface area contributed by atoms with Crippen molar-refractivity contribution in [3.8, 4) is 0 Å². The molecule has 8 N–H and O–H groups in total. The van der Waals surface area contributed by atoms with Gasteiger partial charge in [0, 0.05) is 12.5 Å². The van der Waals surface area contributed by atoms with E-state index >= 15 is 0 Å². The molecular weight excluding hydrogens is 875 g/mol. The van der Waals surface area contributed by atoms with Crippen molar-refractivity contribution in [3.05, 3.63) is 0 Å². The first-order valence-electron chi connectivity index (χ1n) is 29.3. The Morgan fingerprint density at radius 3 is 1.41 bits per heavy atom. The number of amides is 2. The lowest BCUT2D eigenvalue weighted by molar-refractivity contribution is -0.303. The number of unbranched alkanes of at least 4 members (excludes halogenated alkanes) is 33. The van der Waals surface area contributed by atoms with E-state index < -0.39 is 61.7 Å². The van der Waals surface area contributed by atoms with Gasteiger partial charge in [-0.3, -0.25) is 4.79 Å². The van der Waals surface area contributed by atoms with E-state index in [0.29, 0.717) is 12.8 Å². The van der Waals surface area contributed by atoms with Crippen molar-refractivity contribution >= 4 is 12.0 Å². The van der Waals surface area contributed by atoms with Crippen LogP contribution in [0.1, 0.15) is 264 Å². The van der Waals surface area contributed by atoms with Crippen LogP contribution < -0.4 is 16.0 Å². The molecule has 2 aliphatic heterocycles. The molecule has 13 heteroatoms. The molecule has 69 heavy (non-hydrogen) atoms. The van der Waals surface area contributed by atoms with E-state index in [9.17, 15) is 35.1 Å². The van der Waals surface area contributed by atoms with Crippen LogP contribution in [0.15, 0.2) is 0 Å². The second-order valence-electron chi connectivity index (χ2n) is 21.1. The topological polar surface area (TPSA) is 199 Å². The Labute approximate surface area is 421 Å². The molecule has 2 rings (SSSR count). The van der Waals surface area contributed by atoms with E-state index in [-0.39, 0.29) is 25.0 Å². The average molecular weight is 984 g/mol. The number of aliphatic hydroxyl groups excluding tert-OH is 5. The Kier molecular flexibility index (Phi) is 40.5. The van der Waals surface area contributed by atoms with E-state index in [0.717, 1.165) is 70.9 Å². The zero-order valence-electron chi connectivity index (χ0n) is 44.4. The second-order valence-corrected chi connectivity index (χ2v) is 21.1. The van der Waals surface area contributed by atoms with Crippen molar-refractivity contribution in [3.63, 3.8) is 0 Å². The van der Waals surface area contributed by atoms with Gasteiger partial charge in [0.1, 0.15) is 37.1 Å². The number of nitrogens with one attached hydrogen (secondary N) is 3. The highest BCUT2D eigenvalue weighted by Gasteiger charge is 2.45. The molecule has 2 aliphatic rings. The molecule has 0 aliphatic carbocycles. The molecule has 0 bridgehead atoms. The van der Waals surface area contributed by atoms with E-state index in [1.165, 1.54) is 173 Å². The minimum atomic E-state index is -1.67. The molecule has 0 unspecified atom stereocenters. The number of carbonyl (C=O) groups is 2. The Bertz CT molecular complexity index is 1180. The highest BCUT2D eigenvalue weighted by Crippen LogP contribution is 2.24. The summed E-state index contributed by atoms with van der Waals surface area (Å²) in [5.74, 6) is -0.268. The standard InChI is InChI=1S/C56H109N3O10/c1-3-5-7-9-11-13-15-17-18-19-20-21-22-23-24-25-26-27-29-31-33-35-37-39-50(61)59-47(51(62)48(60)38-36-34-32-30-28-16-14-12-10-8-6-4-2)44-67-55-54(65)53(64)52(63)49(69-55)45-68-56(66)58-46-40-42-57-43-41-46/h46-49,51-55,57,60,62-65H,3-45H2,1-2H3,(H,58,66)(H,59,61)/t47-,48+,49+,51-,52-,53-,54+,55-/m0/s1. The van der Waals surface area contributed by atoms with Crippen LogP contribution in [-0.2, 0) is 19.0 Å². The summed E-state index contributed by atoms with van der Waals surface area (Å²) in [5, 5.41) is 63.5. The molecule has 408 valence electrons. The maximum atomic E-state index is 13.3. The van der Waals surface area contributed by atoms with Crippen molar-refractivity contribution in [1.29, 1.82) is 0 Å². The first kappa shape index (κ1) is 63.5. The number of alkyl carbamates (subject to hydrolysis) is 1. The Balaban J connectivity index is 1.70. The van der Waals surface area contributed by atoms with E-state index in [4.69, 9.17) is 14.2 Å². The number of ether oxygens (including phenoxy) is 3. The Morgan fingerprint density at radius 2 is 0.971 bits per heavy atom. The Morgan fingerprint density at radius 1 is 0.565 bits per heavy atom. The van der Waals surface area contributed by atoms with Crippen LogP contribution in [0.4, 0.5) is 4.79 Å². The van der Waals surface area contributed by atoms with Crippen LogP contribution in [0, 0.1) is 0 Å². The van der Waals surface area contributed by atoms with E-state index in [2.05, 4.69) is 29.8 Å². The molecule has 0 radical (unpaired) electrons. The molecule has 0 aromatic rings. The summed E-state index contributed by atoms with van der Waals surface area (Å²) < 4.78 is 17.0. The molecule has 0 spiro atoms. The maximum absolute atomic E-state index is 13.3. The van der Waals surface area contributed by atoms with Gasteiger partial charge in [-0.2, -0.15) is 0 Å². The lowest BCUT2D eigenvalue weighted by Crippen LogP contribution is -2.60. The largest absolute Gasteiger partial charge is 0.447 e. The van der Waals surface area contributed by atoms with Crippen LogP contribution >= 0.6 is 0 Å². The summed E-state index contributed by atoms with van der Waals surface area (Å²) in [7, 11) is 0. The second kappa shape index (κ2) is 44.0. The number of aliphatic hydroxyl groups is 5. The number of hydrogen-bond acceptors (Lipinski definition) is 11. The molecule has 13 nitrogen and oxygen atoms in total. The van der Waals surface area contributed by atoms with E-state index in [1.807, 2.05) is 0 Å². The van der Waals surface area contributed by atoms with Gasteiger partial charge in [0.25, 0.3) is 0 Å². The van der Waals surface area contributed by atoms with Crippen LogP contribution in [0.5, 0.6) is 0 Å². The van der Waals surface area contributed by atoms with Gasteiger partial charge in [0.15, 0.2) is 6.29 Å². The van der Waals surface area contributed by atoms with Gasteiger partial charge in [-0.1, -0.05) is 232 Å². The van der Waals surface area contributed by atoms with Crippen LogP contribution in [0.3, 0.4) is 0 Å². The van der Waals surface area contributed by atoms with Crippen LogP contribution in [-0.4, -0.2) is 119 Å². The molecule has 2 saturated heterocycles. The molecular formula is C56H109N3O10. The van der Waals surface area contributed by atoms with Gasteiger partial charge in [-0.25, -0.2) is 4.79 Å². The van der Waals surface area contributed by atoms with Gasteiger partial charge < -0.3 is 55.7 Å². The SMILES string of the molecule is CCCCCCCCCCCCCCCCCCCCCCCCCC(=O)N[C@@H](CO[C@H]1O[C@H](COC(=O)NC2CCNCC2)[C@H](O)[C@H](O)[C@H]1O)[C@H](O)[C@H](O)CCCCCCCCCCCCCC. The minimum absolute atomic E-state index is 0.0405. The molecule has 2 fully saturated rings. The average Bonchev–Trinajstić information content (AvgIpc) is 3.35. The van der Waals surface area contributed by atoms with Gasteiger partial charge in [-0.15, -0.1) is 0 Å². The van der Waals surface area contributed by atoms with Crippen LogP contribution in [0.25, 0.3) is 0 Å². The molecule has 2 amide bonds. The summed E-state index contributed by atoms with van der Waals surface area (Å²) in [4.78, 5) is 25.7. The highest BCUT2D eigenvalue weighted by atomic mass is 16.7. The Hall–Kier alpha value is -1.58. The van der Waals surface area contributed by atoms with Crippen molar-refractivity contribution < 1.29 is 49.3 Å². The van der Waals surface area contributed by atoms with Crippen molar-refractivity contribution in [2.24, 2.45) is 0 Å². The third kappa shape index (κ3) is 33.0. The smallest absolute Gasteiger partial charge is 0.407 e. The monoisotopic (exact) mass is 984 g/mol. The normalized spacial score (nSPS) is 21.2. The number of carbonyl (C=O) groups excluding carboxylic acids is 2. The quantitative estimate of drug-likeness (QED) is 0.0270. The van der Waals surface area contributed by atoms with Crippen LogP contribution in [0.2, 0.25) is 0 Å². The van der Waals surface area contributed by atoms with Crippen molar-refractivity contribution in [1.82, 2.24) is 16.0 Å². The van der Waals surface area contributed by atoms with Crippen molar-refractivity contribution in [2.45, 2.75) is 319 Å². The minimum Gasteiger partial charge on any atom is -0.447 e. The van der Waals surface area contributed by atoms with Gasteiger partial charge in [-0.05, 0) is 38.8 Å². The maximum Gasteiger partial charge on any atom is 0.407 e.